The lowest BCUT2D eigenvalue weighted by molar-refractivity contribution is 0.170. The van der Waals surface area contributed by atoms with Crippen LogP contribution in [0.4, 0.5) is 0 Å². The molecule has 3 heteroatoms. The predicted octanol–water partition coefficient (Wildman–Crippen LogP) is 2.10. The summed E-state index contributed by atoms with van der Waals surface area (Å²) < 4.78 is 5.56. The summed E-state index contributed by atoms with van der Waals surface area (Å²) in [6, 6.07) is 7.54. The topological polar surface area (TPSA) is 55.5 Å². The molecule has 0 fully saturated rings. The Hall–Kier alpha value is -1.06. The van der Waals surface area contributed by atoms with Gasteiger partial charge in [-0.15, -0.1) is 0 Å². The quantitative estimate of drug-likeness (QED) is 0.776. The second kappa shape index (κ2) is 6.51. The van der Waals surface area contributed by atoms with Crippen LogP contribution in [0.2, 0.25) is 0 Å². The van der Waals surface area contributed by atoms with Crippen molar-refractivity contribution in [2.24, 2.45) is 11.7 Å². The minimum absolute atomic E-state index is 0.468. The van der Waals surface area contributed by atoms with Gasteiger partial charge in [0.15, 0.2) is 0 Å². The first-order valence-corrected chi connectivity index (χ1v) is 5.74. The molecule has 0 radical (unpaired) electrons. The Morgan fingerprint density at radius 1 is 1.25 bits per heavy atom. The van der Waals surface area contributed by atoms with Gasteiger partial charge in [-0.3, -0.25) is 0 Å². The molecule has 0 heterocycles. The lowest BCUT2D eigenvalue weighted by atomic mass is 10.1. The van der Waals surface area contributed by atoms with Gasteiger partial charge in [0.25, 0.3) is 0 Å². The van der Waals surface area contributed by atoms with Crippen LogP contribution in [0.3, 0.4) is 0 Å². The van der Waals surface area contributed by atoms with Gasteiger partial charge < -0.3 is 15.6 Å². The number of ether oxygens (including phenoxy) is 1. The molecular weight excluding hydrogens is 202 g/mol. The summed E-state index contributed by atoms with van der Waals surface area (Å²) >= 11 is 0. The molecule has 3 N–H and O–H groups in total. The number of rotatable bonds is 6. The van der Waals surface area contributed by atoms with Gasteiger partial charge in [-0.05, 0) is 36.6 Å². The number of hydrogen-bond donors (Lipinski definition) is 2. The molecule has 0 aromatic heterocycles. The highest BCUT2D eigenvalue weighted by Crippen LogP contribution is 2.19. The maximum Gasteiger partial charge on any atom is 0.119 e. The number of aliphatic hydroxyl groups is 1. The molecule has 0 amide bonds. The second-order valence-electron chi connectivity index (χ2n) is 4.37. The van der Waals surface area contributed by atoms with Gasteiger partial charge >= 0.3 is 0 Å². The van der Waals surface area contributed by atoms with E-state index in [1.807, 2.05) is 24.3 Å². The molecule has 0 saturated heterocycles. The molecule has 0 aliphatic rings. The molecule has 1 unspecified atom stereocenters. The SMILES string of the molecule is CC(C)COc1ccc(C(O)CCN)cc1. The van der Waals surface area contributed by atoms with Gasteiger partial charge in [-0.25, -0.2) is 0 Å². The van der Waals surface area contributed by atoms with Gasteiger partial charge in [-0.1, -0.05) is 26.0 Å². The van der Waals surface area contributed by atoms with E-state index in [4.69, 9.17) is 10.5 Å². The Morgan fingerprint density at radius 2 is 1.88 bits per heavy atom. The predicted molar refractivity (Wildman–Crippen MR) is 65.4 cm³/mol. The molecule has 90 valence electrons. The van der Waals surface area contributed by atoms with Crippen LogP contribution in [0, 0.1) is 5.92 Å². The summed E-state index contributed by atoms with van der Waals surface area (Å²) in [6.07, 6.45) is 0.121. The molecule has 0 saturated carbocycles. The second-order valence-corrected chi connectivity index (χ2v) is 4.37. The zero-order valence-electron chi connectivity index (χ0n) is 10.0. The first-order chi connectivity index (χ1) is 7.63. The lowest BCUT2D eigenvalue weighted by Gasteiger charge is -2.12. The maximum atomic E-state index is 9.71. The van der Waals surface area contributed by atoms with Crippen molar-refractivity contribution in [1.29, 1.82) is 0 Å². The van der Waals surface area contributed by atoms with Crippen molar-refractivity contribution in [3.05, 3.63) is 29.8 Å². The van der Waals surface area contributed by atoms with Gasteiger partial charge in [0.1, 0.15) is 5.75 Å². The largest absolute Gasteiger partial charge is 0.493 e. The molecule has 1 aromatic carbocycles. The highest BCUT2D eigenvalue weighted by Gasteiger charge is 2.06. The molecule has 16 heavy (non-hydrogen) atoms. The van der Waals surface area contributed by atoms with E-state index < -0.39 is 6.10 Å². The van der Waals surface area contributed by atoms with E-state index in [9.17, 15) is 5.11 Å². The third-order valence-electron chi connectivity index (χ3n) is 2.29. The molecule has 0 aliphatic heterocycles. The fourth-order valence-corrected chi connectivity index (χ4v) is 1.37. The first-order valence-electron chi connectivity index (χ1n) is 5.74. The Morgan fingerprint density at radius 3 is 2.38 bits per heavy atom. The van der Waals surface area contributed by atoms with Gasteiger partial charge in [0.05, 0.1) is 12.7 Å². The molecule has 0 spiro atoms. The molecule has 1 atom stereocenters. The first kappa shape index (κ1) is 13.0. The van der Waals surface area contributed by atoms with Crippen molar-refractivity contribution in [3.8, 4) is 5.75 Å². The van der Waals surface area contributed by atoms with Crippen molar-refractivity contribution in [1.82, 2.24) is 0 Å². The summed E-state index contributed by atoms with van der Waals surface area (Å²) in [5, 5.41) is 9.71. The normalized spacial score (nSPS) is 12.8. The van der Waals surface area contributed by atoms with Crippen LogP contribution < -0.4 is 10.5 Å². The molecule has 0 bridgehead atoms. The smallest absolute Gasteiger partial charge is 0.119 e. The fourth-order valence-electron chi connectivity index (χ4n) is 1.37. The minimum atomic E-state index is -0.468. The van der Waals surface area contributed by atoms with Crippen molar-refractivity contribution in [2.45, 2.75) is 26.4 Å². The van der Waals surface area contributed by atoms with Crippen LogP contribution in [0.25, 0.3) is 0 Å². The Balaban J connectivity index is 2.53. The molecule has 1 aromatic rings. The Labute approximate surface area is 97.2 Å². The van der Waals surface area contributed by atoms with Gasteiger partial charge in [-0.2, -0.15) is 0 Å². The van der Waals surface area contributed by atoms with Crippen LogP contribution >= 0.6 is 0 Å². The number of nitrogens with two attached hydrogens (primary N) is 1. The molecular formula is C13H21NO2. The van der Waals surface area contributed by atoms with Crippen LogP contribution in [0.1, 0.15) is 31.9 Å². The summed E-state index contributed by atoms with van der Waals surface area (Å²) in [5.41, 5.74) is 6.28. The molecule has 0 aliphatic carbocycles. The highest BCUT2D eigenvalue weighted by atomic mass is 16.5. The van der Waals surface area contributed by atoms with Crippen LogP contribution in [-0.2, 0) is 0 Å². The monoisotopic (exact) mass is 223 g/mol. The van der Waals surface area contributed by atoms with E-state index in [1.165, 1.54) is 0 Å². The average molecular weight is 223 g/mol. The van der Waals surface area contributed by atoms with Crippen molar-refractivity contribution in [3.63, 3.8) is 0 Å². The third kappa shape index (κ3) is 4.21. The van der Waals surface area contributed by atoms with Crippen LogP contribution in [0.15, 0.2) is 24.3 Å². The van der Waals surface area contributed by atoms with Crippen molar-refractivity contribution in [2.75, 3.05) is 13.2 Å². The van der Waals surface area contributed by atoms with E-state index in [0.717, 1.165) is 11.3 Å². The van der Waals surface area contributed by atoms with Crippen molar-refractivity contribution >= 4 is 0 Å². The number of aliphatic hydroxyl groups excluding tert-OH is 1. The number of benzene rings is 1. The van der Waals surface area contributed by atoms with E-state index in [2.05, 4.69) is 13.8 Å². The Kier molecular flexibility index (Phi) is 5.29. The van der Waals surface area contributed by atoms with Crippen LogP contribution in [0.5, 0.6) is 5.75 Å². The summed E-state index contributed by atoms with van der Waals surface area (Å²) in [4.78, 5) is 0. The number of hydrogen-bond acceptors (Lipinski definition) is 3. The molecule has 1 rings (SSSR count). The zero-order chi connectivity index (χ0) is 12.0. The minimum Gasteiger partial charge on any atom is -0.493 e. The third-order valence-corrected chi connectivity index (χ3v) is 2.29. The standard InChI is InChI=1S/C13H21NO2/c1-10(2)9-16-12-5-3-11(4-6-12)13(15)7-8-14/h3-6,10,13,15H,7-9,14H2,1-2H3. The maximum absolute atomic E-state index is 9.71. The van der Waals surface area contributed by atoms with Crippen molar-refractivity contribution < 1.29 is 9.84 Å². The van der Waals surface area contributed by atoms with Gasteiger partial charge in [0.2, 0.25) is 0 Å². The Bertz CT molecular complexity index is 295. The van der Waals surface area contributed by atoms with E-state index in [-0.39, 0.29) is 0 Å². The van der Waals surface area contributed by atoms with E-state index in [1.54, 1.807) is 0 Å². The summed E-state index contributed by atoms with van der Waals surface area (Å²) in [6.45, 7) is 5.43. The van der Waals surface area contributed by atoms with E-state index >= 15 is 0 Å². The van der Waals surface area contributed by atoms with E-state index in [0.29, 0.717) is 25.5 Å². The summed E-state index contributed by atoms with van der Waals surface area (Å²) in [5.74, 6) is 1.36. The fraction of sp³-hybridized carbons (Fsp3) is 0.538. The zero-order valence-corrected chi connectivity index (χ0v) is 10.0. The summed E-state index contributed by atoms with van der Waals surface area (Å²) in [7, 11) is 0. The highest BCUT2D eigenvalue weighted by molar-refractivity contribution is 5.28. The lowest BCUT2D eigenvalue weighted by Crippen LogP contribution is -2.07. The molecule has 3 nitrogen and oxygen atoms in total. The van der Waals surface area contributed by atoms with Crippen LogP contribution in [-0.4, -0.2) is 18.3 Å². The average Bonchev–Trinajstić information content (AvgIpc) is 2.27. The van der Waals surface area contributed by atoms with Gasteiger partial charge in [0, 0.05) is 0 Å².